The van der Waals surface area contributed by atoms with Crippen molar-refractivity contribution in [2.45, 2.75) is 46.1 Å². The first kappa shape index (κ1) is 13.6. The van der Waals surface area contributed by atoms with Gasteiger partial charge in [-0.15, -0.1) is 5.10 Å². The molecule has 0 spiro atoms. The molecule has 1 atom stereocenters. The van der Waals surface area contributed by atoms with Crippen molar-refractivity contribution in [3.8, 4) is 5.75 Å². The van der Waals surface area contributed by atoms with Crippen LogP contribution >= 0.6 is 0 Å². The average Bonchev–Trinajstić information content (AvgIpc) is 2.84. The summed E-state index contributed by atoms with van der Waals surface area (Å²) in [7, 11) is 0. The van der Waals surface area contributed by atoms with E-state index in [1.165, 1.54) is 5.56 Å². The van der Waals surface area contributed by atoms with Crippen molar-refractivity contribution >= 4 is 0 Å². The second-order valence-electron chi connectivity index (χ2n) is 4.92. The van der Waals surface area contributed by atoms with Gasteiger partial charge in [0.1, 0.15) is 5.75 Å². The molecule has 2 rings (SSSR count). The van der Waals surface area contributed by atoms with Crippen molar-refractivity contribution < 1.29 is 5.11 Å². The molecule has 1 aromatic heterocycles. The number of phenols is 1. The summed E-state index contributed by atoms with van der Waals surface area (Å²) in [6.07, 6.45) is 3.95. The van der Waals surface area contributed by atoms with Gasteiger partial charge in [0.25, 0.3) is 0 Å². The second-order valence-corrected chi connectivity index (χ2v) is 4.92. The summed E-state index contributed by atoms with van der Waals surface area (Å²) in [6, 6.07) is 5.60. The van der Waals surface area contributed by atoms with Gasteiger partial charge in [-0.3, -0.25) is 4.68 Å². The molecule has 4 nitrogen and oxygen atoms in total. The molecule has 4 heteroatoms. The van der Waals surface area contributed by atoms with Crippen molar-refractivity contribution in [3.63, 3.8) is 0 Å². The third kappa shape index (κ3) is 3.13. The summed E-state index contributed by atoms with van der Waals surface area (Å²) < 4.78 is 1.85. The molecular weight excluding hydrogens is 238 g/mol. The Bertz CT molecular complexity index is 548. The zero-order valence-electron chi connectivity index (χ0n) is 11.8. The molecule has 1 N–H and O–H groups in total. The number of hydrogen-bond acceptors (Lipinski definition) is 3. The molecule has 0 aliphatic rings. The van der Waals surface area contributed by atoms with Gasteiger partial charge in [-0.05, 0) is 55.9 Å². The summed E-state index contributed by atoms with van der Waals surface area (Å²) in [5.41, 5.74) is 3.45. The molecule has 0 radical (unpaired) electrons. The molecule has 1 aromatic carbocycles. The molecule has 1 unspecified atom stereocenters. The van der Waals surface area contributed by atoms with E-state index in [1.807, 2.05) is 29.9 Å². The highest BCUT2D eigenvalue weighted by molar-refractivity contribution is 5.36. The summed E-state index contributed by atoms with van der Waals surface area (Å²) in [6.45, 7) is 7.13. The van der Waals surface area contributed by atoms with Gasteiger partial charge in [-0.2, -0.15) is 0 Å². The lowest BCUT2D eigenvalue weighted by Gasteiger charge is -2.16. The summed E-state index contributed by atoms with van der Waals surface area (Å²) in [5.74, 6) is 0.746. The number of benzene rings is 1. The van der Waals surface area contributed by atoms with Crippen LogP contribution < -0.4 is 0 Å². The topological polar surface area (TPSA) is 50.9 Å². The Labute approximate surface area is 114 Å². The number of nitrogens with zero attached hydrogens (tertiary/aromatic N) is 3. The Hall–Kier alpha value is -1.84. The molecule has 102 valence electrons. The first-order valence-corrected chi connectivity index (χ1v) is 6.82. The number of hydrogen-bond donors (Lipinski definition) is 1. The predicted octanol–water partition coefficient (Wildman–Crippen LogP) is 3.05. The lowest BCUT2D eigenvalue weighted by atomic mass is 9.89. The van der Waals surface area contributed by atoms with Crippen LogP contribution in [0.15, 0.2) is 24.4 Å². The molecule has 0 saturated heterocycles. The van der Waals surface area contributed by atoms with Crippen LogP contribution in [0.4, 0.5) is 0 Å². The molecule has 0 aliphatic carbocycles. The fourth-order valence-electron chi connectivity index (χ4n) is 2.43. The van der Waals surface area contributed by atoms with Crippen LogP contribution in [-0.2, 0) is 13.0 Å². The van der Waals surface area contributed by atoms with Gasteiger partial charge in [0.15, 0.2) is 0 Å². The molecule has 1 heterocycles. The van der Waals surface area contributed by atoms with E-state index in [0.717, 1.165) is 30.6 Å². The molecule has 2 aromatic rings. The van der Waals surface area contributed by atoms with E-state index < -0.39 is 0 Å². The normalized spacial score (nSPS) is 12.6. The van der Waals surface area contributed by atoms with Gasteiger partial charge < -0.3 is 5.11 Å². The van der Waals surface area contributed by atoms with Gasteiger partial charge >= 0.3 is 0 Å². The van der Waals surface area contributed by atoms with Crippen LogP contribution in [0.3, 0.4) is 0 Å². The zero-order chi connectivity index (χ0) is 13.8. The van der Waals surface area contributed by atoms with E-state index in [-0.39, 0.29) is 0 Å². The molecule has 19 heavy (non-hydrogen) atoms. The van der Waals surface area contributed by atoms with Crippen molar-refractivity contribution in [1.82, 2.24) is 15.0 Å². The minimum absolute atomic E-state index is 0.327. The third-order valence-corrected chi connectivity index (χ3v) is 3.55. The Balaban J connectivity index is 2.19. The Morgan fingerprint density at radius 1 is 1.32 bits per heavy atom. The van der Waals surface area contributed by atoms with Crippen LogP contribution in [0, 0.1) is 6.92 Å². The number of rotatable bonds is 5. The highest BCUT2D eigenvalue weighted by atomic mass is 16.3. The van der Waals surface area contributed by atoms with E-state index in [9.17, 15) is 5.11 Å². The van der Waals surface area contributed by atoms with Crippen LogP contribution in [-0.4, -0.2) is 20.1 Å². The minimum atomic E-state index is 0.327. The van der Waals surface area contributed by atoms with Gasteiger partial charge in [0.2, 0.25) is 0 Å². The van der Waals surface area contributed by atoms with Crippen LogP contribution in [0.1, 0.15) is 43.0 Å². The van der Waals surface area contributed by atoms with Gasteiger partial charge in [-0.25, -0.2) is 0 Å². The highest BCUT2D eigenvalue weighted by Crippen LogP contribution is 2.28. The standard InChI is InChI=1S/C15H21N3O/c1-4-12(9-13-10-18(5-2)17-16-13)15-7-6-14(19)8-11(15)3/h6-8,10,12,19H,4-5,9H2,1-3H3. The quantitative estimate of drug-likeness (QED) is 0.897. The molecular formula is C15H21N3O. The van der Waals surface area contributed by atoms with Crippen LogP contribution in [0.25, 0.3) is 0 Å². The summed E-state index contributed by atoms with van der Waals surface area (Å²) >= 11 is 0. The molecule has 0 fully saturated rings. The number of aryl methyl sites for hydroxylation is 2. The van der Waals surface area contributed by atoms with Gasteiger partial charge in [0.05, 0.1) is 5.69 Å². The number of aromatic nitrogens is 3. The largest absolute Gasteiger partial charge is 0.508 e. The fraction of sp³-hybridized carbons (Fsp3) is 0.467. The maximum absolute atomic E-state index is 9.49. The van der Waals surface area contributed by atoms with E-state index >= 15 is 0 Å². The first-order valence-electron chi connectivity index (χ1n) is 6.82. The molecule has 0 saturated carbocycles. The zero-order valence-corrected chi connectivity index (χ0v) is 11.8. The van der Waals surface area contributed by atoms with E-state index in [4.69, 9.17) is 0 Å². The molecule has 0 amide bonds. The van der Waals surface area contributed by atoms with E-state index in [2.05, 4.69) is 24.2 Å². The second kappa shape index (κ2) is 5.87. The predicted molar refractivity (Wildman–Crippen MR) is 75.3 cm³/mol. The van der Waals surface area contributed by atoms with E-state index in [0.29, 0.717) is 11.7 Å². The van der Waals surface area contributed by atoms with Crippen molar-refractivity contribution in [3.05, 3.63) is 41.2 Å². The van der Waals surface area contributed by atoms with Crippen molar-refractivity contribution in [1.29, 1.82) is 0 Å². The SMILES string of the molecule is CCC(Cc1cn(CC)nn1)c1ccc(O)cc1C. The van der Waals surface area contributed by atoms with Gasteiger partial charge in [0, 0.05) is 12.7 Å². The maximum Gasteiger partial charge on any atom is 0.115 e. The number of phenolic OH excluding ortho intramolecular Hbond substituents is 1. The minimum Gasteiger partial charge on any atom is -0.508 e. The Morgan fingerprint density at radius 3 is 2.68 bits per heavy atom. The van der Waals surface area contributed by atoms with Crippen molar-refractivity contribution in [2.75, 3.05) is 0 Å². The summed E-state index contributed by atoms with van der Waals surface area (Å²) in [5, 5.41) is 17.8. The smallest absolute Gasteiger partial charge is 0.115 e. The average molecular weight is 259 g/mol. The third-order valence-electron chi connectivity index (χ3n) is 3.55. The monoisotopic (exact) mass is 259 g/mol. The van der Waals surface area contributed by atoms with Crippen molar-refractivity contribution in [2.24, 2.45) is 0 Å². The van der Waals surface area contributed by atoms with Crippen LogP contribution in [0.5, 0.6) is 5.75 Å². The molecule has 0 bridgehead atoms. The van der Waals surface area contributed by atoms with Gasteiger partial charge in [-0.1, -0.05) is 18.2 Å². The summed E-state index contributed by atoms with van der Waals surface area (Å²) in [4.78, 5) is 0. The Kier molecular flexibility index (Phi) is 4.20. The lowest BCUT2D eigenvalue weighted by molar-refractivity contribution is 0.474. The number of aromatic hydroxyl groups is 1. The lowest BCUT2D eigenvalue weighted by Crippen LogP contribution is -2.04. The first-order chi connectivity index (χ1) is 9.13. The fourth-order valence-corrected chi connectivity index (χ4v) is 2.43. The maximum atomic E-state index is 9.49. The highest BCUT2D eigenvalue weighted by Gasteiger charge is 2.15. The molecule has 0 aliphatic heterocycles. The van der Waals surface area contributed by atoms with Crippen LogP contribution in [0.2, 0.25) is 0 Å². The van der Waals surface area contributed by atoms with E-state index in [1.54, 1.807) is 6.07 Å². The Morgan fingerprint density at radius 2 is 2.11 bits per heavy atom.